The summed E-state index contributed by atoms with van der Waals surface area (Å²) in [4.78, 5) is 34.5. The van der Waals surface area contributed by atoms with Crippen LogP contribution in [-0.2, 0) is 14.4 Å². The number of nitrogens with one attached hydrogen (secondary N) is 1. The molecule has 0 aromatic carbocycles. The van der Waals surface area contributed by atoms with Gasteiger partial charge < -0.3 is 5.32 Å². The molecule has 6 heteroatoms. The fourth-order valence-electron chi connectivity index (χ4n) is 1.24. The first-order valence-electron chi connectivity index (χ1n) is 4.29. The van der Waals surface area contributed by atoms with Crippen LogP contribution in [0.1, 0.15) is 12.8 Å². The summed E-state index contributed by atoms with van der Waals surface area (Å²) < 4.78 is 0. The molecule has 78 valence electrons. The van der Waals surface area contributed by atoms with E-state index in [1.165, 1.54) is 7.05 Å². The highest BCUT2D eigenvalue weighted by atomic mass is 32.1. The van der Waals surface area contributed by atoms with Crippen molar-refractivity contribution < 1.29 is 14.4 Å². The van der Waals surface area contributed by atoms with Gasteiger partial charge in [0.25, 0.3) is 0 Å². The average molecular weight is 216 g/mol. The van der Waals surface area contributed by atoms with E-state index in [2.05, 4.69) is 17.9 Å². The van der Waals surface area contributed by atoms with Crippen molar-refractivity contribution in [2.75, 3.05) is 13.6 Å². The van der Waals surface area contributed by atoms with Crippen molar-refractivity contribution in [2.24, 2.45) is 0 Å². The van der Waals surface area contributed by atoms with E-state index < -0.39 is 5.25 Å². The van der Waals surface area contributed by atoms with E-state index in [9.17, 15) is 14.4 Å². The zero-order valence-electron chi connectivity index (χ0n) is 7.82. The van der Waals surface area contributed by atoms with Gasteiger partial charge in [-0.2, -0.15) is 12.6 Å². The zero-order valence-corrected chi connectivity index (χ0v) is 8.71. The van der Waals surface area contributed by atoms with Crippen LogP contribution >= 0.6 is 12.6 Å². The smallest absolute Gasteiger partial charge is 0.242 e. The average Bonchev–Trinajstić information content (AvgIpc) is 2.39. The third-order valence-electron chi connectivity index (χ3n) is 2.06. The maximum absolute atomic E-state index is 11.3. The minimum absolute atomic E-state index is 0.135. The molecule has 0 saturated carbocycles. The Morgan fingerprint density at radius 3 is 2.71 bits per heavy atom. The number of nitrogens with zero attached hydrogens (tertiary/aromatic N) is 1. The van der Waals surface area contributed by atoms with Crippen molar-refractivity contribution in [1.82, 2.24) is 10.2 Å². The van der Waals surface area contributed by atoms with E-state index >= 15 is 0 Å². The van der Waals surface area contributed by atoms with Gasteiger partial charge in [-0.05, 0) is 0 Å². The Kier molecular flexibility index (Phi) is 3.51. The number of imide groups is 1. The fraction of sp³-hybridized carbons (Fsp3) is 0.625. The molecule has 5 nitrogen and oxygen atoms in total. The van der Waals surface area contributed by atoms with Crippen LogP contribution in [0.4, 0.5) is 0 Å². The molecule has 0 unspecified atom stereocenters. The molecule has 0 aromatic heterocycles. The standard InChI is InChI=1S/C8H12N2O3S/c1-9-6(11)2-3-10-7(12)4-5(14)8(10)13/h5,14H,2-4H2,1H3,(H,9,11)/t5-/m0/s1. The maximum Gasteiger partial charge on any atom is 0.242 e. The van der Waals surface area contributed by atoms with Crippen LogP contribution in [0.15, 0.2) is 0 Å². The first kappa shape index (κ1) is 11.0. The van der Waals surface area contributed by atoms with Gasteiger partial charge >= 0.3 is 0 Å². The quantitative estimate of drug-likeness (QED) is 0.478. The molecule has 1 rings (SSSR count). The second-order valence-electron chi connectivity index (χ2n) is 3.03. The molecule has 0 radical (unpaired) electrons. The molecule has 1 saturated heterocycles. The highest BCUT2D eigenvalue weighted by Crippen LogP contribution is 2.17. The number of likely N-dealkylation sites (tertiary alicyclic amines) is 1. The van der Waals surface area contributed by atoms with Crippen molar-refractivity contribution in [3.8, 4) is 0 Å². The normalized spacial score (nSPS) is 21.6. The lowest BCUT2D eigenvalue weighted by atomic mass is 10.3. The van der Waals surface area contributed by atoms with Crippen LogP contribution in [-0.4, -0.2) is 41.5 Å². The van der Waals surface area contributed by atoms with Crippen LogP contribution in [0.3, 0.4) is 0 Å². The van der Waals surface area contributed by atoms with E-state index in [4.69, 9.17) is 0 Å². The number of rotatable bonds is 3. The summed E-state index contributed by atoms with van der Waals surface area (Å²) in [5, 5.41) is 1.89. The lowest BCUT2D eigenvalue weighted by Gasteiger charge is -2.12. The summed E-state index contributed by atoms with van der Waals surface area (Å²) in [6.07, 6.45) is 0.282. The largest absolute Gasteiger partial charge is 0.359 e. The summed E-state index contributed by atoms with van der Waals surface area (Å²) in [6, 6.07) is 0. The topological polar surface area (TPSA) is 66.5 Å². The third kappa shape index (κ3) is 2.25. The van der Waals surface area contributed by atoms with E-state index in [0.717, 1.165) is 4.90 Å². The Bertz CT molecular complexity index is 280. The van der Waals surface area contributed by atoms with Gasteiger partial charge in [-0.15, -0.1) is 0 Å². The van der Waals surface area contributed by atoms with Crippen molar-refractivity contribution in [3.63, 3.8) is 0 Å². The molecule has 1 N–H and O–H groups in total. The van der Waals surface area contributed by atoms with Gasteiger partial charge in [0.05, 0.1) is 5.25 Å². The number of hydrogen-bond acceptors (Lipinski definition) is 4. The van der Waals surface area contributed by atoms with Gasteiger partial charge in [0.2, 0.25) is 17.7 Å². The Morgan fingerprint density at radius 2 is 2.29 bits per heavy atom. The van der Waals surface area contributed by atoms with Crippen LogP contribution < -0.4 is 5.32 Å². The Hall–Kier alpha value is -1.04. The molecule has 1 aliphatic heterocycles. The summed E-state index contributed by atoms with van der Waals surface area (Å²) >= 11 is 3.96. The second-order valence-corrected chi connectivity index (χ2v) is 3.65. The number of thiol groups is 1. The maximum atomic E-state index is 11.3. The molecular formula is C8H12N2O3S. The number of hydrogen-bond donors (Lipinski definition) is 2. The van der Waals surface area contributed by atoms with Crippen LogP contribution in [0.5, 0.6) is 0 Å². The van der Waals surface area contributed by atoms with E-state index in [0.29, 0.717) is 0 Å². The van der Waals surface area contributed by atoms with Gasteiger partial charge in [0.15, 0.2) is 0 Å². The Labute approximate surface area is 87.2 Å². The van der Waals surface area contributed by atoms with Gasteiger partial charge in [0.1, 0.15) is 0 Å². The summed E-state index contributed by atoms with van der Waals surface area (Å²) in [6.45, 7) is 0.147. The molecule has 3 amide bonds. The molecular weight excluding hydrogens is 204 g/mol. The zero-order chi connectivity index (χ0) is 10.7. The highest BCUT2D eigenvalue weighted by molar-refractivity contribution is 7.81. The van der Waals surface area contributed by atoms with Gasteiger partial charge in [-0.1, -0.05) is 0 Å². The van der Waals surface area contributed by atoms with Gasteiger partial charge in [-0.25, -0.2) is 0 Å². The van der Waals surface area contributed by atoms with Crippen molar-refractivity contribution in [2.45, 2.75) is 18.1 Å². The van der Waals surface area contributed by atoms with Crippen molar-refractivity contribution in [1.29, 1.82) is 0 Å². The molecule has 1 heterocycles. The monoisotopic (exact) mass is 216 g/mol. The Balaban J connectivity index is 2.48. The molecule has 1 atom stereocenters. The predicted molar refractivity (Wildman–Crippen MR) is 52.8 cm³/mol. The Morgan fingerprint density at radius 1 is 1.64 bits per heavy atom. The van der Waals surface area contributed by atoms with Crippen LogP contribution in [0.2, 0.25) is 0 Å². The van der Waals surface area contributed by atoms with Gasteiger partial charge in [-0.3, -0.25) is 19.3 Å². The third-order valence-corrected chi connectivity index (χ3v) is 2.46. The van der Waals surface area contributed by atoms with E-state index in [1.54, 1.807) is 0 Å². The summed E-state index contributed by atoms with van der Waals surface area (Å²) in [5.41, 5.74) is 0. The lowest BCUT2D eigenvalue weighted by Crippen LogP contribution is -2.34. The first-order chi connectivity index (χ1) is 6.56. The molecule has 1 fully saturated rings. The minimum atomic E-state index is -0.535. The van der Waals surface area contributed by atoms with E-state index in [-0.39, 0.29) is 37.1 Å². The van der Waals surface area contributed by atoms with Gasteiger partial charge in [0, 0.05) is 26.4 Å². The lowest BCUT2D eigenvalue weighted by molar-refractivity contribution is -0.138. The van der Waals surface area contributed by atoms with Crippen molar-refractivity contribution >= 4 is 30.4 Å². The minimum Gasteiger partial charge on any atom is -0.359 e. The molecule has 14 heavy (non-hydrogen) atoms. The molecule has 0 aromatic rings. The SMILES string of the molecule is CNC(=O)CCN1C(=O)C[C@H](S)C1=O. The second kappa shape index (κ2) is 4.45. The molecule has 0 aliphatic carbocycles. The number of carbonyl (C=O) groups is 3. The van der Waals surface area contributed by atoms with Crippen molar-refractivity contribution in [3.05, 3.63) is 0 Å². The van der Waals surface area contributed by atoms with E-state index in [1.807, 2.05) is 0 Å². The highest BCUT2D eigenvalue weighted by Gasteiger charge is 2.35. The fourth-order valence-corrected chi connectivity index (χ4v) is 1.53. The molecule has 1 aliphatic rings. The first-order valence-corrected chi connectivity index (χ1v) is 4.80. The number of carbonyl (C=O) groups excluding carboxylic acids is 3. The molecule has 0 bridgehead atoms. The molecule has 0 spiro atoms. The summed E-state index contributed by atoms with van der Waals surface area (Å²) in [7, 11) is 1.51. The summed E-state index contributed by atoms with van der Waals surface area (Å²) in [5.74, 6) is -0.741. The number of amides is 3. The van der Waals surface area contributed by atoms with Crippen LogP contribution in [0, 0.1) is 0 Å². The predicted octanol–water partition coefficient (Wildman–Crippen LogP) is -0.820. The van der Waals surface area contributed by atoms with Crippen LogP contribution in [0.25, 0.3) is 0 Å².